The van der Waals surface area contributed by atoms with E-state index in [9.17, 15) is 13.2 Å². The number of ether oxygens (including phenoxy) is 2. The number of nitrogens with one attached hydrogen (secondary N) is 2. The minimum absolute atomic E-state index is 0.0171. The number of halogens is 1. The highest BCUT2D eigenvalue weighted by Gasteiger charge is 2.23. The van der Waals surface area contributed by atoms with E-state index >= 15 is 0 Å². The van der Waals surface area contributed by atoms with Crippen molar-refractivity contribution < 1.29 is 22.7 Å². The van der Waals surface area contributed by atoms with Gasteiger partial charge in [-0.25, -0.2) is 8.42 Å². The van der Waals surface area contributed by atoms with Gasteiger partial charge in [-0.05, 0) is 67.4 Å². The average Bonchev–Trinajstić information content (AvgIpc) is 2.79. The molecule has 1 heterocycles. The molecule has 0 radical (unpaired) electrons. The smallest absolute Gasteiger partial charge is 0.263 e. The molecule has 4 rings (SSSR count). The van der Waals surface area contributed by atoms with E-state index in [1.165, 1.54) is 18.2 Å². The van der Waals surface area contributed by atoms with Crippen molar-refractivity contribution in [2.45, 2.75) is 24.8 Å². The van der Waals surface area contributed by atoms with Crippen LogP contribution in [0.15, 0.2) is 65.6 Å². The lowest BCUT2D eigenvalue weighted by Gasteiger charge is -2.26. The van der Waals surface area contributed by atoms with Gasteiger partial charge < -0.3 is 14.8 Å². The Morgan fingerprint density at radius 3 is 2.55 bits per heavy atom. The predicted molar refractivity (Wildman–Crippen MR) is 127 cm³/mol. The second kappa shape index (κ2) is 9.33. The van der Waals surface area contributed by atoms with Crippen LogP contribution < -0.4 is 19.5 Å². The van der Waals surface area contributed by atoms with Crippen molar-refractivity contribution in [3.05, 3.63) is 82.4 Å². The summed E-state index contributed by atoms with van der Waals surface area (Å²) in [4.78, 5) is 12.5. The summed E-state index contributed by atoms with van der Waals surface area (Å²) in [5, 5.41) is 2.78. The van der Waals surface area contributed by atoms with E-state index in [4.69, 9.17) is 21.1 Å². The van der Waals surface area contributed by atoms with Gasteiger partial charge >= 0.3 is 0 Å². The molecule has 1 aliphatic rings. The molecule has 1 amide bonds. The van der Waals surface area contributed by atoms with E-state index in [1.54, 1.807) is 18.2 Å². The van der Waals surface area contributed by atoms with Crippen LogP contribution in [0.25, 0.3) is 0 Å². The maximum absolute atomic E-state index is 13.0. The monoisotopic (exact) mass is 486 g/mol. The van der Waals surface area contributed by atoms with Gasteiger partial charge in [0.2, 0.25) is 0 Å². The molecule has 9 heteroatoms. The van der Waals surface area contributed by atoms with Gasteiger partial charge in [0.05, 0.1) is 11.6 Å². The predicted octanol–water partition coefficient (Wildman–Crippen LogP) is 4.33. The molecule has 172 valence electrons. The van der Waals surface area contributed by atoms with Crippen molar-refractivity contribution >= 4 is 33.2 Å². The van der Waals surface area contributed by atoms with E-state index < -0.39 is 15.9 Å². The average molecular weight is 487 g/mol. The van der Waals surface area contributed by atoms with Gasteiger partial charge in [-0.15, -0.1) is 0 Å². The van der Waals surface area contributed by atoms with E-state index in [0.29, 0.717) is 17.2 Å². The standard InChI is InChI=1S/C24H23ClN2O5S/c1-15-7-9-18(11-16(15)2)27-33(29,30)23-12-17(8-10-20(23)25)24(28)26-13-19-14-31-21-5-3-4-6-22(21)32-19/h3-12,19,27H,13-14H2,1-2H3,(H,26,28)/t19-/m1/s1. The zero-order chi connectivity index (χ0) is 23.6. The number of benzene rings is 3. The highest BCUT2D eigenvalue weighted by atomic mass is 35.5. The number of hydrogen-bond acceptors (Lipinski definition) is 5. The number of aryl methyl sites for hydroxylation is 2. The van der Waals surface area contributed by atoms with Gasteiger partial charge in [-0.3, -0.25) is 9.52 Å². The van der Waals surface area contributed by atoms with E-state index in [-0.39, 0.29) is 34.7 Å². The molecule has 0 bridgehead atoms. The first kappa shape index (κ1) is 22.9. The van der Waals surface area contributed by atoms with Crippen LogP contribution in [0, 0.1) is 13.8 Å². The van der Waals surface area contributed by atoms with Gasteiger partial charge in [-0.1, -0.05) is 29.8 Å². The molecule has 0 aliphatic carbocycles. The lowest BCUT2D eigenvalue weighted by molar-refractivity contribution is 0.0789. The Hall–Kier alpha value is -3.23. The molecule has 2 N–H and O–H groups in total. The molecular formula is C24H23ClN2O5S. The lowest BCUT2D eigenvalue weighted by Crippen LogP contribution is -2.40. The summed E-state index contributed by atoms with van der Waals surface area (Å²) in [5.74, 6) is 0.820. The number of carbonyl (C=O) groups is 1. The Kier molecular flexibility index (Phi) is 6.49. The SMILES string of the molecule is Cc1ccc(NS(=O)(=O)c2cc(C(=O)NC[C@@H]3COc4ccccc4O3)ccc2Cl)cc1C. The van der Waals surface area contributed by atoms with Crippen molar-refractivity contribution in [1.82, 2.24) is 5.32 Å². The van der Waals surface area contributed by atoms with Crippen LogP contribution in [-0.2, 0) is 10.0 Å². The fourth-order valence-corrected chi connectivity index (χ4v) is 4.91. The van der Waals surface area contributed by atoms with Crippen molar-refractivity contribution in [2.75, 3.05) is 17.9 Å². The van der Waals surface area contributed by atoms with Gasteiger partial charge in [0.25, 0.3) is 15.9 Å². The Balaban J connectivity index is 1.46. The molecule has 0 unspecified atom stereocenters. The second-order valence-corrected chi connectivity index (χ2v) is 9.82. The molecule has 3 aromatic carbocycles. The van der Waals surface area contributed by atoms with Crippen molar-refractivity contribution in [3.8, 4) is 11.5 Å². The number of sulfonamides is 1. The number of carbonyl (C=O) groups excluding carboxylic acids is 1. The van der Waals surface area contributed by atoms with E-state index in [1.807, 2.05) is 38.1 Å². The third kappa shape index (κ3) is 5.23. The summed E-state index contributed by atoms with van der Waals surface area (Å²) in [5.41, 5.74) is 2.58. The third-order valence-corrected chi connectivity index (χ3v) is 7.16. The summed E-state index contributed by atoms with van der Waals surface area (Å²) < 4.78 is 39.9. The molecular weight excluding hydrogens is 464 g/mol. The summed E-state index contributed by atoms with van der Waals surface area (Å²) in [7, 11) is -4.01. The number of amides is 1. The first-order valence-electron chi connectivity index (χ1n) is 10.3. The highest BCUT2D eigenvalue weighted by molar-refractivity contribution is 7.92. The normalized spacial score (nSPS) is 15.1. The molecule has 7 nitrogen and oxygen atoms in total. The fourth-order valence-electron chi connectivity index (χ4n) is 3.34. The fraction of sp³-hybridized carbons (Fsp3) is 0.208. The summed E-state index contributed by atoms with van der Waals surface area (Å²) in [6, 6.07) is 16.7. The number of para-hydroxylation sites is 2. The quantitative estimate of drug-likeness (QED) is 0.541. The van der Waals surface area contributed by atoms with Crippen LogP contribution in [0.1, 0.15) is 21.5 Å². The summed E-state index contributed by atoms with van der Waals surface area (Å²) in [6.45, 7) is 4.32. The van der Waals surface area contributed by atoms with Crippen LogP contribution in [0.3, 0.4) is 0 Å². The minimum atomic E-state index is -4.01. The van der Waals surface area contributed by atoms with Gasteiger partial charge in [0, 0.05) is 11.3 Å². The lowest BCUT2D eigenvalue weighted by atomic mass is 10.1. The molecule has 0 fully saturated rings. The number of fused-ring (bicyclic) bond motifs is 1. The first-order valence-corrected chi connectivity index (χ1v) is 12.2. The first-order chi connectivity index (χ1) is 15.7. The third-order valence-electron chi connectivity index (χ3n) is 5.30. The van der Waals surface area contributed by atoms with Crippen LogP contribution in [0.5, 0.6) is 11.5 Å². The Bertz CT molecular complexity index is 1310. The molecule has 33 heavy (non-hydrogen) atoms. The maximum atomic E-state index is 13.0. The van der Waals surface area contributed by atoms with Crippen molar-refractivity contribution in [1.29, 1.82) is 0 Å². The molecule has 0 aromatic heterocycles. The Morgan fingerprint density at radius 1 is 1.03 bits per heavy atom. The Labute approximate surface area is 197 Å². The van der Waals surface area contributed by atoms with Gasteiger partial charge in [0.15, 0.2) is 11.5 Å². The topological polar surface area (TPSA) is 93.7 Å². The molecule has 3 aromatic rings. The Morgan fingerprint density at radius 2 is 1.79 bits per heavy atom. The van der Waals surface area contributed by atoms with Gasteiger partial charge in [-0.2, -0.15) is 0 Å². The van der Waals surface area contributed by atoms with Crippen molar-refractivity contribution in [3.63, 3.8) is 0 Å². The maximum Gasteiger partial charge on any atom is 0.263 e. The zero-order valence-electron chi connectivity index (χ0n) is 18.1. The zero-order valence-corrected chi connectivity index (χ0v) is 19.7. The van der Waals surface area contributed by atoms with Crippen LogP contribution >= 0.6 is 11.6 Å². The highest BCUT2D eigenvalue weighted by Crippen LogP contribution is 2.31. The van der Waals surface area contributed by atoms with E-state index in [2.05, 4.69) is 10.0 Å². The summed E-state index contributed by atoms with van der Waals surface area (Å²) in [6.07, 6.45) is -0.370. The molecule has 1 atom stereocenters. The number of anilines is 1. The largest absolute Gasteiger partial charge is 0.486 e. The van der Waals surface area contributed by atoms with Crippen LogP contribution in [0.4, 0.5) is 5.69 Å². The molecule has 0 saturated heterocycles. The number of rotatable bonds is 6. The molecule has 0 spiro atoms. The number of hydrogen-bond donors (Lipinski definition) is 2. The minimum Gasteiger partial charge on any atom is -0.486 e. The van der Waals surface area contributed by atoms with E-state index in [0.717, 1.165) is 11.1 Å². The summed E-state index contributed by atoms with van der Waals surface area (Å²) >= 11 is 6.17. The van der Waals surface area contributed by atoms with Crippen molar-refractivity contribution in [2.24, 2.45) is 0 Å². The molecule has 0 saturated carbocycles. The van der Waals surface area contributed by atoms with Crippen LogP contribution in [-0.4, -0.2) is 33.6 Å². The van der Waals surface area contributed by atoms with Crippen LogP contribution in [0.2, 0.25) is 5.02 Å². The second-order valence-electron chi connectivity index (χ2n) is 7.76. The molecule has 1 aliphatic heterocycles. The van der Waals surface area contributed by atoms with Gasteiger partial charge in [0.1, 0.15) is 17.6 Å².